The molecule has 6 nitrogen and oxygen atoms in total. The molecular weight excluding hydrogens is 388 g/mol. The van der Waals surface area contributed by atoms with Gasteiger partial charge in [-0.15, -0.1) is 11.3 Å². The standard InChI is InChI=1S/C22H24N2O4S/c1-5-28-17-11-9-15(10-12-17)22-24-14(2)20(29-22)21(25)23-13-16-7-6-8-18(26-3)19(16)27-4/h6-12H,5,13H2,1-4H3,(H,23,25). The van der Waals surface area contributed by atoms with Gasteiger partial charge in [0.2, 0.25) is 0 Å². The number of aryl methyl sites for hydroxylation is 1. The molecule has 2 aromatic carbocycles. The summed E-state index contributed by atoms with van der Waals surface area (Å²) < 4.78 is 16.2. The van der Waals surface area contributed by atoms with Crippen molar-refractivity contribution in [3.05, 3.63) is 58.6 Å². The lowest BCUT2D eigenvalue weighted by Crippen LogP contribution is -2.23. The number of carbonyl (C=O) groups is 1. The van der Waals surface area contributed by atoms with E-state index in [9.17, 15) is 4.79 Å². The SMILES string of the molecule is CCOc1ccc(-c2nc(C)c(C(=O)NCc3cccc(OC)c3OC)s2)cc1. The summed E-state index contributed by atoms with van der Waals surface area (Å²) in [6, 6.07) is 13.3. The van der Waals surface area contributed by atoms with Gasteiger partial charge in [-0.1, -0.05) is 12.1 Å². The summed E-state index contributed by atoms with van der Waals surface area (Å²) >= 11 is 1.37. The summed E-state index contributed by atoms with van der Waals surface area (Å²) in [5, 5.41) is 3.75. The third kappa shape index (κ3) is 4.68. The third-order valence-electron chi connectivity index (χ3n) is 4.34. The summed E-state index contributed by atoms with van der Waals surface area (Å²) in [6.07, 6.45) is 0. The Labute approximate surface area is 174 Å². The van der Waals surface area contributed by atoms with Crippen LogP contribution in [0.5, 0.6) is 17.2 Å². The smallest absolute Gasteiger partial charge is 0.263 e. The van der Waals surface area contributed by atoms with Crippen molar-refractivity contribution >= 4 is 17.2 Å². The lowest BCUT2D eigenvalue weighted by atomic mass is 10.2. The van der Waals surface area contributed by atoms with Crippen LogP contribution in [0.3, 0.4) is 0 Å². The number of nitrogens with one attached hydrogen (secondary N) is 1. The Kier molecular flexibility index (Phi) is 6.72. The van der Waals surface area contributed by atoms with Crippen molar-refractivity contribution in [3.63, 3.8) is 0 Å². The Morgan fingerprint density at radius 1 is 1.10 bits per heavy atom. The van der Waals surface area contributed by atoms with E-state index in [0.29, 0.717) is 35.2 Å². The molecule has 1 heterocycles. The Morgan fingerprint density at radius 2 is 1.86 bits per heavy atom. The van der Waals surface area contributed by atoms with E-state index < -0.39 is 0 Å². The number of ether oxygens (including phenoxy) is 3. The highest BCUT2D eigenvalue weighted by molar-refractivity contribution is 7.17. The first kappa shape index (κ1) is 20.7. The van der Waals surface area contributed by atoms with Crippen molar-refractivity contribution in [2.45, 2.75) is 20.4 Å². The quantitative estimate of drug-likeness (QED) is 0.591. The molecule has 0 aliphatic heterocycles. The van der Waals surface area contributed by atoms with Crippen molar-refractivity contribution < 1.29 is 19.0 Å². The number of rotatable bonds is 8. The number of amides is 1. The molecule has 3 rings (SSSR count). The Bertz CT molecular complexity index is 983. The topological polar surface area (TPSA) is 69.7 Å². The van der Waals surface area contributed by atoms with Gasteiger partial charge >= 0.3 is 0 Å². The molecule has 0 aliphatic rings. The molecule has 0 saturated heterocycles. The summed E-state index contributed by atoms with van der Waals surface area (Å²) in [5.41, 5.74) is 2.50. The van der Waals surface area contributed by atoms with E-state index in [2.05, 4.69) is 10.3 Å². The number of hydrogen-bond donors (Lipinski definition) is 1. The number of nitrogens with zero attached hydrogens (tertiary/aromatic N) is 1. The van der Waals surface area contributed by atoms with E-state index in [-0.39, 0.29) is 5.91 Å². The predicted octanol–water partition coefficient (Wildman–Crippen LogP) is 4.46. The molecule has 1 aromatic heterocycles. The first-order valence-electron chi connectivity index (χ1n) is 9.26. The van der Waals surface area contributed by atoms with Gasteiger partial charge in [-0.05, 0) is 44.2 Å². The maximum atomic E-state index is 12.7. The van der Waals surface area contributed by atoms with E-state index >= 15 is 0 Å². The molecule has 0 fully saturated rings. The van der Waals surface area contributed by atoms with Gasteiger partial charge in [-0.3, -0.25) is 4.79 Å². The molecule has 0 atom stereocenters. The fourth-order valence-corrected chi connectivity index (χ4v) is 3.93. The van der Waals surface area contributed by atoms with Gasteiger partial charge in [0.15, 0.2) is 11.5 Å². The Morgan fingerprint density at radius 3 is 2.52 bits per heavy atom. The minimum absolute atomic E-state index is 0.165. The van der Waals surface area contributed by atoms with E-state index in [4.69, 9.17) is 14.2 Å². The predicted molar refractivity (Wildman–Crippen MR) is 114 cm³/mol. The summed E-state index contributed by atoms with van der Waals surface area (Å²) in [4.78, 5) is 17.9. The van der Waals surface area contributed by atoms with Gasteiger partial charge in [0.1, 0.15) is 15.6 Å². The molecule has 0 unspecified atom stereocenters. The first-order valence-corrected chi connectivity index (χ1v) is 10.1. The van der Waals surface area contributed by atoms with E-state index in [1.807, 2.05) is 56.3 Å². The van der Waals surface area contributed by atoms with Gasteiger partial charge in [-0.2, -0.15) is 0 Å². The second-order valence-corrected chi connectivity index (χ2v) is 7.23. The maximum Gasteiger partial charge on any atom is 0.263 e. The number of benzene rings is 2. The van der Waals surface area contributed by atoms with Gasteiger partial charge in [0.25, 0.3) is 5.91 Å². The molecule has 1 N–H and O–H groups in total. The van der Waals surface area contributed by atoms with Crippen LogP contribution in [0.4, 0.5) is 0 Å². The molecule has 0 radical (unpaired) electrons. The van der Waals surface area contributed by atoms with Gasteiger partial charge in [-0.25, -0.2) is 4.98 Å². The minimum Gasteiger partial charge on any atom is -0.494 e. The van der Waals surface area contributed by atoms with Crippen LogP contribution < -0.4 is 19.5 Å². The molecule has 7 heteroatoms. The lowest BCUT2D eigenvalue weighted by molar-refractivity contribution is 0.0954. The van der Waals surface area contributed by atoms with Crippen molar-refractivity contribution in [2.24, 2.45) is 0 Å². The van der Waals surface area contributed by atoms with Crippen molar-refractivity contribution in [1.29, 1.82) is 0 Å². The van der Waals surface area contributed by atoms with Gasteiger partial charge in [0, 0.05) is 17.7 Å². The normalized spacial score (nSPS) is 10.5. The Hall–Kier alpha value is -3.06. The molecule has 0 spiro atoms. The van der Waals surface area contributed by atoms with Crippen LogP contribution in [0.2, 0.25) is 0 Å². The highest BCUT2D eigenvalue weighted by Gasteiger charge is 2.17. The highest BCUT2D eigenvalue weighted by Crippen LogP contribution is 2.31. The number of carbonyl (C=O) groups excluding carboxylic acids is 1. The van der Waals surface area contributed by atoms with Crippen molar-refractivity contribution in [2.75, 3.05) is 20.8 Å². The molecule has 29 heavy (non-hydrogen) atoms. The second-order valence-electron chi connectivity index (χ2n) is 6.23. The monoisotopic (exact) mass is 412 g/mol. The number of thiazole rings is 1. The molecule has 1 amide bonds. The summed E-state index contributed by atoms with van der Waals surface area (Å²) in [5.74, 6) is 1.90. The average molecular weight is 413 g/mol. The van der Waals surface area contributed by atoms with Gasteiger partial charge in [0.05, 0.1) is 26.5 Å². The summed E-state index contributed by atoms with van der Waals surface area (Å²) in [7, 11) is 3.17. The highest BCUT2D eigenvalue weighted by atomic mass is 32.1. The van der Waals surface area contributed by atoms with E-state index in [0.717, 1.165) is 21.9 Å². The molecule has 152 valence electrons. The van der Waals surface area contributed by atoms with Crippen LogP contribution >= 0.6 is 11.3 Å². The first-order chi connectivity index (χ1) is 14.1. The summed E-state index contributed by atoms with van der Waals surface area (Å²) in [6.45, 7) is 4.74. The van der Waals surface area contributed by atoms with Crippen LogP contribution in [0.15, 0.2) is 42.5 Å². The van der Waals surface area contributed by atoms with Crippen LogP contribution in [-0.4, -0.2) is 31.7 Å². The average Bonchev–Trinajstić information content (AvgIpc) is 3.14. The van der Waals surface area contributed by atoms with E-state index in [1.165, 1.54) is 11.3 Å². The molecule has 3 aromatic rings. The van der Waals surface area contributed by atoms with Crippen molar-refractivity contribution in [3.8, 4) is 27.8 Å². The van der Waals surface area contributed by atoms with Crippen LogP contribution in [-0.2, 0) is 6.54 Å². The zero-order chi connectivity index (χ0) is 20.8. The number of methoxy groups -OCH3 is 2. The fraction of sp³-hybridized carbons (Fsp3) is 0.273. The van der Waals surface area contributed by atoms with Crippen LogP contribution in [0.25, 0.3) is 10.6 Å². The zero-order valence-corrected chi connectivity index (χ0v) is 17.8. The minimum atomic E-state index is -0.165. The Balaban J connectivity index is 1.74. The largest absolute Gasteiger partial charge is 0.494 e. The zero-order valence-electron chi connectivity index (χ0n) is 16.9. The maximum absolute atomic E-state index is 12.7. The molecule has 0 saturated carbocycles. The van der Waals surface area contributed by atoms with Crippen LogP contribution in [0.1, 0.15) is 27.9 Å². The number of para-hydroxylation sites is 1. The molecule has 0 aliphatic carbocycles. The van der Waals surface area contributed by atoms with Gasteiger partial charge < -0.3 is 19.5 Å². The number of hydrogen-bond acceptors (Lipinski definition) is 6. The fourth-order valence-electron chi connectivity index (χ4n) is 2.94. The van der Waals surface area contributed by atoms with Crippen LogP contribution in [0, 0.1) is 6.92 Å². The molecular formula is C22H24N2O4S. The van der Waals surface area contributed by atoms with Crippen molar-refractivity contribution in [1.82, 2.24) is 10.3 Å². The second kappa shape index (κ2) is 9.43. The lowest BCUT2D eigenvalue weighted by Gasteiger charge is -2.13. The molecule has 0 bridgehead atoms. The third-order valence-corrected chi connectivity index (χ3v) is 5.54. The number of aromatic nitrogens is 1. The van der Waals surface area contributed by atoms with E-state index in [1.54, 1.807) is 14.2 Å².